The second-order valence-corrected chi connectivity index (χ2v) is 6.02. The van der Waals surface area contributed by atoms with Gasteiger partial charge in [0.2, 0.25) is 5.92 Å². The Morgan fingerprint density at radius 1 is 1.43 bits per heavy atom. The number of hydrogen-bond acceptors (Lipinski definition) is 4. The van der Waals surface area contributed by atoms with Gasteiger partial charge in [-0.05, 0) is 29.2 Å². The fourth-order valence-electron chi connectivity index (χ4n) is 2.79. The molecule has 8 heteroatoms. The van der Waals surface area contributed by atoms with E-state index in [9.17, 15) is 13.6 Å². The molecule has 1 unspecified atom stereocenters. The molecule has 0 aromatic carbocycles. The van der Waals surface area contributed by atoms with E-state index in [1.54, 1.807) is 0 Å². The molecule has 0 radical (unpaired) electrons. The molecule has 0 saturated heterocycles. The van der Waals surface area contributed by atoms with E-state index in [0.29, 0.717) is 18.7 Å². The molecule has 118 valence electrons. The van der Waals surface area contributed by atoms with Crippen LogP contribution in [0, 0.1) is 5.92 Å². The summed E-state index contributed by atoms with van der Waals surface area (Å²) in [4.78, 5) is 11.0. The molecule has 6 nitrogen and oxygen atoms in total. The lowest BCUT2D eigenvalue weighted by molar-refractivity contribution is -0.138. The van der Waals surface area contributed by atoms with Gasteiger partial charge in [0.1, 0.15) is 0 Å². The van der Waals surface area contributed by atoms with E-state index in [-0.39, 0.29) is 37.1 Å². The summed E-state index contributed by atoms with van der Waals surface area (Å²) >= 11 is 0. The highest BCUT2D eigenvalue weighted by molar-refractivity contribution is 5.67. The summed E-state index contributed by atoms with van der Waals surface area (Å²) in [5.41, 5.74) is 0. The summed E-state index contributed by atoms with van der Waals surface area (Å²) in [6, 6.07) is -0.366. The van der Waals surface area contributed by atoms with Gasteiger partial charge in [-0.3, -0.25) is 4.79 Å². The van der Waals surface area contributed by atoms with Crippen LogP contribution in [0.5, 0.6) is 0 Å². The van der Waals surface area contributed by atoms with Crippen molar-refractivity contribution < 1.29 is 18.7 Å². The van der Waals surface area contributed by atoms with E-state index in [1.165, 1.54) is 4.68 Å². The monoisotopic (exact) mass is 302 g/mol. The molecule has 21 heavy (non-hydrogen) atoms. The summed E-state index contributed by atoms with van der Waals surface area (Å²) in [5.74, 6) is -3.09. The van der Waals surface area contributed by atoms with E-state index in [2.05, 4.69) is 15.5 Å². The molecular formula is C13H20F2N4O2. The van der Waals surface area contributed by atoms with Crippen molar-refractivity contribution in [1.29, 1.82) is 0 Å². The lowest BCUT2D eigenvalue weighted by Gasteiger charge is -2.29. The number of aliphatic carboxylic acids is 1. The van der Waals surface area contributed by atoms with Crippen molar-refractivity contribution in [2.45, 2.75) is 63.8 Å². The van der Waals surface area contributed by atoms with E-state index >= 15 is 0 Å². The minimum absolute atomic E-state index is 0.0355. The maximum Gasteiger partial charge on any atom is 0.305 e. The van der Waals surface area contributed by atoms with Crippen molar-refractivity contribution in [2.24, 2.45) is 5.92 Å². The van der Waals surface area contributed by atoms with Gasteiger partial charge >= 0.3 is 5.97 Å². The normalized spacial score (nSPS) is 20.6. The molecule has 1 heterocycles. The average molecular weight is 302 g/mol. The Bertz CT molecular complexity index is 494. The van der Waals surface area contributed by atoms with E-state index in [4.69, 9.17) is 5.11 Å². The van der Waals surface area contributed by atoms with Crippen molar-refractivity contribution in [2.75, 3.05) is 0 Å². The molecule has 1 atom stereocenters. The Kier molecular flexibility index (Phi) is 4.53. The third-order valence-electron chi connectivity index (χ3n) is 4.07. The number of tetrazole rings is 1. The lowest BCUT2D eigenvalue weighted by atomic mass is 9.86. The fourth-order valence-corrected chi connectivity index (χ4v) is 2.79. The Morgan fingerprint density at radius 3 is 2.57 bits per heavy atom. The van der Waals surface area contributed by atoms with Crippen molar-refractivity contribution >= 4 is 5.97 Å². The number of carboxylic acid groups (broad SMARTS) is 1. The zero-order valence-corrected chi connectivity index (χ0v) is 12.2. The lowest BCUT2D eigenvalue weighted by Crippen LogP contribution is -2.28. The molecule has 0 bridgehead atoms. The van der Waals surface area contributed by atoms with Crippen molar-refractivity contribution in [3.8, 4) is 0 Å². The van der Waals surface area contributed by atoms with Crippen LogP contribution in [0.3, 0.4) is 0 Å². The third-order valence-corrected chi connectivity index (χ3v) is 4.07. The van der Waals surface area contributed by atoms with Gasteiger partial charge in [-0.2, -0.15) is 0 Å². The number of carbonyl (C=O) groups is 1. The Labute approximate surface area is 121 Å². The second kappa shape index (κ2) is 6.03. The van der Waals surface area contributed by atoms with Crippen molar-refractivity contribution in [1.82, 2.24) is 20.2 Å². The van der Waals surface area contributed by atoms with Crippen molar-refractivity contribution in [3.05, 3.63) is 5.82 Å². The van der Waals surface area contributed by atoms with Gasteiger partial charge in [0, 0.05) is 18.8 Å². The van der Waals surface area contributed by atoms with Gasteiger partial charge in [0.15, 0.2) is 5.82 Å². The number of aromatic nitrogens is 4. The molecule has 1 aromatic rings. The number of carboxylic acids is 1. The highest BCUT2D eigenvalue weighted by Crippen LogP contribution is 2.40. The van der Waals surface area contributed by atoms with E-state index in [1.807, 2.05) is 13.8 Å². The molecule has 1 aliphatic carbocycles. The average Bonchev–Trinajstić information content (AvgIpc) is 2.84. The summed E-state index contributed by atoms with van der Waals surface area (Å²) in [6.07, 6.45) is 0.223. The summed E-state index contributed by atoms with van der Waals surface area (Å²) in [6.45, 7) is 3.79. The first kappa shape index (κ1) is 15.8. The van der Waals surface area contributed by atoms with Crippen LogP contribution in [-0.4, -0.2) is 37.2 Å². The van der Waals surface area contributed by atoms with Crippen LogP contribution in [0.25, 0.3) is 0 Å². The van der Waals surface area contributed by atoms with Gasteiger partial charge in [-0.25, -0.2) is 13.5 Å². The molecule has 0 amide bonds. The molecule has 0 spiro atoms. The van der Waals surface area contributed by atoms with Gasteiger partial charge in [0.25, 0.3) is 0 Å². The predicted molar refractivity (Wildman–Crippen MR) is 70.1 cm³/mol. The molecule has 1 aromatic heterocycles. The quantitative estimate of drug-likeness (QED) is 0.904. The second-order valence-electron chi connectivity index (χ2n) is 6.02. The summed E-state index contributed by atoms with van der Waals surface area (Å²) in [5, 5.41) is 20.5. The fraction of sp³-hybridized carbons (Fsp3) is 0.846. The van der Waals surface area contributed by atoms with Crippen LogP contribution in [-0.2, 0) is 4.79 Å². The smallest absolute Gasteiger partial charge is 0.305 e. The summed E-state index contributed by atoms with van der Waals surface area (Å²) < 4.78 is 28.0. The number of alkyl halides is 2. The topological polar surface area (TPSA) is 80.9 Å². The maximum atomic E-state index is 13.2. The zero-order chi connectivity index (χ0) is 15.6. The first-order valence-corrected chi connectivity index (χ1v) is 7.17. The highest BCUT2D eigenvalue weighted by Gasteiger charge is 2.38. The Hall–Kier alpha value is -1.60. The minimum Gasteiger partial charge on any atom is -0.481 e. The van der Waals surface area contributed by atoms with Crippen LogP contribution >= 0.6 is 0 Å². The molecule has 1 fully saturated rings. The SMILES string of the molecule is CC(C)C(CC(=O)O)n1nnnc1C1CCC(F)(F)CC1. The van der Waals surface area contributed by atoms with Crippen LogP contribution in [0.15, 0.2) is 0 Å². The molecular weight excluding hydrogens is 282 g/mol. The minimum atomic E-state index is -2.60. The third kappa shape index (κ3) is 3.74. The van der Waals surface area contributed by atoms with Crippen LogP contribution in [0.2, 0.25) is 0 Å². The van der Waals surface area contributed by atoms with Crippen molar-refractivity contribution in [3.63, 3.8) is 0 Å². The number of hydrogen-bond donors (Lipinski definition) is 1. The first-order chi connectivity index (χ1) is 9.80. The molecule has 2 rings (SSSR count). The Balaban J connectivity index is 2.19. The molecule has 1 aliphatic rings. The Morgan fingerprint density at radius 2 is 2.05 bits per heavy atom. The van der Waals surface area contributed by atoms with Gasteiger partial charge in [-0.15, -0.1) is 5.10 Å². The van der Waals surface area contributed by atoms with Gasteiger partial charge in [-0.1, -0.05) is 13.8 Å². The summed E-state index contributed by atoms with van der Waals surface area (Å²) in [7, 11) is 0. The largest absolute Gasteiger partial charge is 0.481 e. The first-order valence-electron chi connectivity index (χ1n) is 7.17. The molecule has 1 saturated carbocycles. The van der Waals surface area contributed by atoms with E-state index in [0.717, 1.165) is 0 Å². The predicted octanol–water partition coefficient (Wildman–Crippen LogP) is 2.64. The van der Waals surface area contributed by atoms with Gasteiger partial charge in [0.05, 0.1) is 12.5 Å². The maximum absolute atomic E-state index is 13.2. The number of rotatable bonds is 5. The number of halogens is 2. The molecule has 1 N–H and O–H groups in total. The molecule has 0 aliphatic heterocycles. The van der Waals surface area contributed by atoms with Crippen LogP contribution in [0.1, 0.15) is 63.7 Å². The standard InChI is InChI=1S/C13H20F2N4O2/c1-8(2)10(7-11(20)21)19-12(16-17-18-19)9-3-5-13(14,15)6-4-9/h8-10H,3-7H2,1-2H3,(H,20,21). The van der Waals surface area contributed by atoms with Crippen LogP contribution < -0.4 is 0 Å². The highest BCUT2D eigenvalue weighted by atomic mass is 19.3. The number of nitrogens with zero attached hydrogens (tertiary/aromatic N) is 4. The van der Waals surface area contributed by atoms with Gasteiger partial charge < -0.3 is 5.11 Å². The zero-order valence-electron chi connectivity index (χ0n) is 12.2. The van der Waals surface area contributed by atoms with Crippen LogP contribution in [0.4, 0.5) is 8.78 Å². The van der Waals surface area contributed by atoms with E-state index < -0.39 is 11.9 Å².